The third kappa shape index (κ3) is 2.31. The van der Waals surface area contributed by atoms with E-state index in [0.717, 1.165) is 19.8 Å². The van der Waals surface area contributed by atoms with E-state index in [-0.39, 0.29) is 22.7 Å². The molecule has 1 saturated carbocycles. The third-order valence-corrected chi connectivity index (χ3v) is 4.53. The van der Waals surface area contributed by atoms with Crippen molar-refractivity contribution in [1.29, 1.82) is 0 Å². The van der Waals surface area contributed by atoms with Gasteiger partial charge in [-0.05, 0) is 37.0 Å². The minimum absolute atomic E-state index is 0.150. The molecule has 7 heteroatoms. The highest BCUT2D eigenvalue weighted by Gasteiger charge is 2.50. The van der Waals surface area contributed by atoms with Crippen LogP contribution in [0.3, 0.4) is 0 Å². The van der Waals surface area contributed by atoms with Gasteiger partial charge in [-0.15, -0.1) is 0 Å². The SMILES string of the molecule is Cc1ccccc1C1(c2noc(-c3cc(C(C)(F)F)[nH]n3)n2)CC1. The molecule has 24 heavy (non-hydrogen) atoms. The van der Waals surface area contributed by atoms with Gasteiger partial charge in [0.25, 0.3) is 11.8 Å². The van der Waals surface area contributed by atoms with E-state index >= 15 is 0 Å². The fraction of sp³-hybridized carbons (Fsp3) is 0.353. The molecule has 1 aliphatic carbocycles. The zero-order valence-corrected chi connectivity index (χ0v) is 13.3. The Kier molecular flexibility index (Phi) is 3.10. The quantitative estimate of drug-likeness (QED) is 0.786. The van der Waals surface area contributed by atoms with Crippen molar-refractivity contribution in [3.05, 3.63) is 53.0 Å². The summed E-state index contributed by atoms with van der Waals surface area (Å²) in [5.74, 6) is -2.26. The lowest BCUT2D eigenvalue weighted by atomic mass is 9.91. The van der Waals surface area contributed by atoms with Crippen LogP contribution in [0.15, 0.2) is 34.9 Å². The predicted octanol–water partition coefficient (Wildman–Crippen LogP) is 3.96. The molecule has 0 atom stereocenters. The molecule has 1 fully saturated rings. The second-order valence-corrected chi connectivity index (χ2v) is 6.38. The van der Waals surface area contributed by atoms with Crippen LogP contribution in [-0.2, 0) is 11.3 Å². The number of hydrogen-bond donors (Lipinski definition) is 1. The standard InChI is InChI=1S/C17H16F2N4O/c1-10-5-3-4-6-11(10)17(7-8-17)15-20-14(24-23-15)12-9-13(22-21-12)16(2,18)19/h3-6,9H,7-8H2,1-2H3,(H,21,22). The Balaban J connectivity index is 1.69. The van der Waals surface area contributed by atoms with E-state index in [4.69, 9.17) is 4.52 Å². The molecule has 5 nitrogen and oxygen atoms in total. The number of halogens is 2. The summed E-state index contributed by atoms with van der Waals surface area (Å²) in [6.07, 6.45) is 1.88. The zero-order valence-electron chi connectivity index (χ0n) is 13.3. The highest BCUT2D eigenvalue weighted by atomic mass is 19.3. The number of alkyl halides is 2. The maximum atomic E-state index is 13.3. The molecular formula is C17H16F2N4O. The molecule has 0 saturated heterocycles. The summed E-state index contributed by atoms with van der Waals surface area (Å²) in [5, 5.41) is 10.3. The molecule has 124 valence electrons. The fourth-order valence-electron chi connectivity index (χ4n) is 3.03. The highest BCUT2D eigenvalue weighted by molar-refractivity contribution is 5.50. The number of aromatic amines is 1. The van der Waals surface area contributed by atoms with Gasteiger partial charge in [0.2, 0.25) is 0 Å². The molecule has 0 spiro atoms. The van der Waals surface area contributed by atoms with Gasteiger partial charge in [-0.25, -0.2) is 0 Å². The number of H-pyrrole nitrogens is 1. The van der Waals surface area contributed by atoms with Crippen LogP contribution >= 0.6 is 0 Å². The van der Waals surface area contributed by atoms with Crippen LogP contribution < -0.4 is 0 Å². The van der Waals surface area contributed by atoms with Crippen molar-refractivity contribution in [2.24, 2.45) is 0 Å². The summed E-state index contributed by atoms with van der Waals surface area (Å²) < 4.78 is 31.9. The maximum Gasteiger partial charge on any atom is 0.286 e. The molecule has 0 aliphatic heterocycles. The lowest BCUT2D eigenvalue weighted by Crippen LogP contribution is -2.12. The number of aromatic nitrogens is 4. The normalized spacial score (nSPS) is 16.3. The van der Waals surface area contributed by atoms with Gasteiger partial charge in [0, 0.05) is 6.92 Å². The van der Waals surface area contributed by atoms with Crippen molar-refractivity contribution in [3.63, 3.8) is 0 Å². The summed E-state index contributed by atoms with van der Waals surface area (Å²) >= 11 is 0. The van der Waals surface area contributed by atoms with E-state index in [0.29, 0.717) is 5.82 Å². The maximum absolute atomic E-state index is 13.3. The molecule has 2 heterocycles. The predicted molar refractivity (Wildman–Crippen MR) is 82.6 cm³/mol. The van der Waals surface area contributed by atoms with E-state index < -0.39 is 5.92 Å². The molecule has 0 bridgehead atoms. The third-order valence-electron chi connectivity index (χ3n) is 4.53. The minimum atomic E-state index is -2.99. The van der Waals surface area contributed by atoms with E-state index in [9.17, 15) is 8.78 Å². The van der Waals surface area contributed by atoms with Crippen LogP contribution in [0, 0.1) is 6.92 Å². The number of nitrogens with zero attached hydrogens (tertiary/aromatic N) is 3. The van der Waals surface area contributed by atoms with Gasteiger partial charge in [0.05, 0.1) is 5.41 Å². The van der Waals surface area contributed by atoms with Gasteiger partial charge in [-0.2, -0.15) is 18.9 Å². The number of rotatable bonds is 4. The van der Waals surface area contributed by atoms with Crippen LogP contribution in [0.1, 0.15) is 42.4 Å². The summed E-state index contributed by atoms with van der Waals surface area (Å²) in [6.45, 7) is 2.86. The molecule has 1 aromatic carbocycles. The monoisotopic (exact) mass is 330 g/mol. The van der Waals surface area contributed by atoms with Crippen molar-refractivity contribution in [2.75, 3.05) is 0 Å². The Morgan fingerprint density at radius 1 is 1.25 bits per heavy atom. The molecule has 2 aromatic heterocycles. The van der Waals surface area contributed by atoms with Crippen LogP contribution in [0.25, 0.3) is 11.6 Å². The fourth-order valence-corrected chi connectivity index (χ4v) is 3.03. The molecular weight excluding hydrogens is 314 g/mol. The van der Waals surface area contributed by atoms with Gasteiger partial charge in [0.1, 0.15) is 5.69 Å². The Morgan fingerprint density at radius 2 is 2.00 bits per heavy atom. The van der Waals surface area contributed by atoms with Crippen molar-refractivity contribution in [2.45, 2.75) is 38.0 Å². The average Bonchev–Trinajstić information content (AvgIpc) is 2.99. The number of benzene rings is 1. The summed E-state index contributed by atoms with van der Waals surface area (Å²) in [6, 6.07) is 9.35. The number of hydrogen-bond acceptors (Lipinski definition) is 4. The summed E-state index contributed by atoms with van der Waals surface area (Å²) in [7, 11) is 0. The number of aryl methyl sites for hydroxylation is 1. The van der Waals surface area contributed by atoms with Crippen LogP contribution in [-0.4, -0.2) is 20.3 Å². The molecule has 4 rings (SSSR count). The first-order chi connectivity index (χ1) is 11.4. The van der Waals surface area contributed by atoms with E-state index in [1.54, 1.807) is 0 Å². The first kappa shape index (κ1) is 15.0. The van der Waals surface area contributed by atoms with E-state index in [2.05, 4.69) is 39.4 Å². The molecule has 1 N–H and O–H groups in total. The van der Waals surface area contributed by atoms with Crippen LogP contribution in [0.5, 0.6) is 0 Å². The zero-order chi connectivity index (χ0) is 16.9. The Morgan fingerprint density at radius 3 is 2.62 bits per heavy atom. The topological polar surface area (TPSA) is 67.6 Å². The smallest absolute Gasteiger partial charge is 0.286 e. The van der Waals surface area contributed by atoms with Crippen molar-refractivity contribution in [3.8, 4) is 11.6 Å². The lowest BCUT2D eigenvalue weighted by molar-refractivity contribution is 0.0127. The average molecular weight is 330 g/mol. The Hall–Kier alpha value is -2.57. The van der Waals surface area contributed by atoms with Crippen molar-refractivity contribution < 1.29 is 13.3 Å². The summed E-state index contributed by atoms with van der Waals surface area (Å²) in [5.41, 5.74) is 2.07. The first-order valence-electron chi connectivity index (χ1n) is 7.74. The van der Waals surface area contributed by atoms with Gasteiger partial charge < -0.3 is 4.52 Å². The molecule has 0 unspecified atom stereocenters. The Bertz CT molecular complexity index is 890. The lowest BCUT2D eigenvalue weighted by Gasteiger charge is -2.13. The van der Waals surface area contributed by atoms with Crippen molar-refractivity contribution >= 4 is 0 Å². The van der Waals surface area contributed by atoms with Gasteiger partial charge in [-0.1, -0.05) is 29.4 Å². The number of nitrogens with one attached hydrogen (secondary N) is 1. The van der Waals surface area contributed by atoms with Gasteiger partial charge in [0.15, 0.2) is 11.5 Å². The first-order valence-corrected chi connectivity index (χ1v) is 7.74. The van der Waals surface area contributed by atoms with Gasteiger partial charge in [-0.3, -0.25) is 5.10 Å². The largest absolute Gasteiger partial charge is 0.332 e. The van der Waals surface area contributed by atoms with Crippen LogP contribution in [0.2, 0.25) is 0 Å². The Labute approximate surface area is 137 Å². The van der Waals surface area contributed by atoms with Gasteiger partial charge >= 0.3 is 0 Å². The summed E-state index contributed by atoms with van der Waals surface area (Å²) in [4.78, 5) is 4.42. The molecule has 1 aliphatic rings. The van der Waals surface area contributed by atoms with E-state index in [1.165, 1.54) is 17.2 Å². The highest BCUT2D eigenvalue weighted by Crippen LogP contribution is 2.53. The molecule has 3 aromatic rings. The molecule has 0 amide bonds. The molecule has 0 radical (unpaired) electrons. The van der Waals surface area contributed by atoms with E-state index in [1.807, 2.05) is 12.1 Å². The minimum Gasteiger partial charge on any atom is -0.332 e. The second-order valence-electron chi connectivity index (χ2n) is 6.38. The second kappa shape index (κ2) is 4.96. The van der Waals surface area contributed by atoms with Crippen molar-refractivity contribution in [1.82, 2.24) is 20.3 Å². The van der Waals surface area contributed by atoms with Crippen LogP contribution in [0.4, 0.5) is 8.78 Å².